The van der Waals surface area contributed by atoms with E-state index in [-0.39, 0.29) is 31.1 Å². The number of allylic oxidation sites excluding steroid dienone is 2. The molecule has 0 bridgehead atoms. The fourth-order valence-corrected chi connectivity index (χ4v) is 7.79. The molecule has 59 heavy (non-hydrogen) atoms. The van der Waals surface area contributed by atoms with Gasteiger partial charge >= 0.3 is 17.9 Å². The highest BCUT2D eigenvalue weighted by atomic mass is 16.6. The van der Waals surface area contributed by atoms with Crippen LogP contribution in [0.15, 0.2) is 12.2 Å². The first-order valence-electron chi connectivity index (χ1n) is 26.2. The first-order valence-corrected chi connectivity index (χ1v) is 26.2. The molecule has 6 heteroatoms. The SMILES string of the molecule is CCCCCC/C=C\CCCCCCCCCC(=O)OC[C@H](COC(=O)CCCCCCCCCCCCCCCCC)OC(=O)CCCCCCCCCCCCC. The molecule has 6 nitrogen and oxygen atoms in total. The highest BCUT2D eigenvalue weighted by Crippen LogP contribution is 2.16. The topological polar surface area (TPSA) is 78.9 Å². The van der Waals surface area contributed by atoms with E-state index in [0.29, 0.717) is 19.3 Å². The van der Waals surface area contributed by atoms with Gasteiger partial charge in [-0.2, -0.15) is 0 Å². The van der Waals surface area contributed by atoms with E-state index in [0.717, 1.165) is 57.8 Å². The Morgan fingerprint density at radius 1 is 0.322 bits per heavy atom. The maximum absolute atomic E-state index is 12.8. The van der Waals surface area contributed by atoms with E-state index in [4.69, 9.17) is 14.2 Å². The molecule has 0 saturated heterocycles. The summed E-state index contributed by atoms with van der Waals surface area (Å²) in [6.45, 7) is 6.65. The van der Waals surface area contributed by atoms with Gasteiger partial charge in [0.05, 0.1) is 0 Å². The van der Waals surface area contributed by atoms with Gasteiger partial charge in [-0.15, -0.1) is 0 Å². The lowest BCUT2D eigenvalue weighted by Crippen LogP contribution is -2.30. The van der Waals surface area contributed by atoms with Crippen molar-refractivity contribution in [3.05, 3.63) is 12.2 Å². The molecule has 0 saturated carbocycles. The second-order valence-electron chi connectivity index (χ2n) is 17.8. The van der Waals surface area contributed by atoms with Crippen LogP contribution < -0.4 is 0 Å². The van der Waals surface area contributed by atoms with E-state index in [1.807, 2.05) is 0 Å². The maximum atomic E-state index is 12.8. The van der Waals surface area contributed by atoms with Gasteiger partial charge in [0.15, 0.2) is 6.10 Å². The average Bonchev–Trinajstić information content (AvgIpc) is 3.23. The van der Waals surface area contributed by atoms with Crippen molar-refractivity contribution in [2.45, 2.75) is 297 Å². The molecule has 0 N–H and O–H groups in total. The largest absolute Gasteiger partial charge is 0.462 e. The molecule has 0 radical (unpaired) electrons. The molecule has 0 heterocycles. The molecular weight excluding hydrogens is 733 g/mol. The van der Waals surface area contributed by atoms with Crippen LogP contribution in [0.5, 0.6) is 0 Å². The summed E-state index contributed by atoms with van der Waals surface area (Å²) >= 11 is 0. The van der Waals surface area contributed by atoms with Gasteiger partial charge in [0.25, 0.3) is 0 Å². The van der Waals surface area contributed by atoms with Crippen LogP contribution in [0.2, 0.25) is 0 Å². The highest BCUT2D eigenvalue weighted by Gasteiger charge is 2.19. The van der Waals surface area contributed by atoms with E-state index in [1.54, 1.807) is 0 Å². The molecule has 0 rings (SSSR count). The Balaban J connectivity index is 4.30. The van der Waals surface area contributed by atoms with Crippen molar-refractivity contribution >= 4 is 17.9 Å². The van der Waals surface area contributed by atoms with Crippen LogP contribution >= 0.6 is 0 Å². The zero-order chi connectivity index (χ0) is 43.0. The fraction of sp³-hybridized carbons (Fsp3) is 0.906. The third kappa shape index (κ3) is 47.1. The van der Waals surface area contributed by atoms with Crippen LogP contribution in [0.25, 0.3) is 0 Å². The molecule has 0 aromatic heterocycles. The zero-order valence-electron chi connectivity index (χ0n) is 39.8. The molecule has 0 aliphatic heterocycles. The molecule has 0 aromatic rings. The second kappa shape index (κ2) is 48.8. The minimum atomic E-state index is -0.764. The summed E-state index contributed by atoms with van der Waals surface area (Å²) in [5, 5.41) is 0. The maximum Gasteiger partial charge on any atom is 0.306 e. The normalized spacial score (nSPS) is 12.0. The lowest BCUT2D eigenvalue weighted by atomic mass is 10.0. The van der Waals surface area contributed by atoms with Crippen LogP contribution in [0.1, 0.15) is 290 Å². The molecule has 0 unspecified atom stereocenters. The van der Waals surface area contributed by atoms with Crippen LogP contribution in [-0.4, -0.2) is 37.2 Å². The third-order valence-corrected chi connectivity index (χ3v) is 11.8. The van der Waals surface area contributed by atoms with Crippen LogP contribution in [0, 0.1) is 0 Å². The Hall–Kier alpha value is -1.85. The highest BCUT2D eigenvalue weighted by molar-refractivity contribution is 5.71. The number of rotatable bonds is 48. The van der Waals surface area contributed by atoms with Crippen molar-refractivity contribution in [3.63, 3.8) is 0 Å². The number of carbonyl (C=O) groups is 3. The smallest absolute Gasteiger partial charge is 0.306 e. The summed E-state index contributed by atoms with van der Waals surface area (Å²) in [5.41, 5.74) is 0. The Bertz CT molecular complexity index is 916. The molecule has 0 spiro atoms. The Morgan fingerprint density at radius 2 is 0.559 bits per heavy atom. The minimum Gasteiger partial charge on any atom is -0.462 e. The van der Waals surface area contributed by atoms with Gasteiger partial charge in [-0.3, -0.25) is 14.4 Å². The van der Waals surface area contributed by atoms with Gasteiger partial charge in [0.2, 0.25) is 0 Å². The fourth-order valence-electron chi connectivity index (χ4n) is 7.79. The van der Waals surface area contributed by atoms with Gasteiger partial charge in [0.1, 0.15) is 13.2 Å². The third-order valence-electron chi connectivity index (χ3n) is 11.8. The van der Waals surface area contributed by atoms with E-state index in [2.05, 4.69) is 32.9 Å². The number of unbranched alkanes of at least 4 members (excludes halogenated alkanes) is 35. The van der Waals surface area contributed by atoms with Crippen molar-refractivity contribution in [2.75, 3.05) is 13.2 Å². The number of esters is 3. The number of ether oxygens (including phenoxy) is 3. The molecule has 0 aliphatic rings. The van der Waals surface area contributed by atoms with Crippen molar-refractivity contribution in [1.82, 2.24) is 0 Å². The zero-order valence-corrected chi connectivity index (χ0v) is 39.8. The summed E-state index contributed by atoms with van der Waals surface area (Å²) in [7, 11) is 0. The van der Waals surface area contributed by atoms with Gasteiger partial charge in [-0.25, -0.2) is 0 Å². The van der Waals surface area contributed by atoms with Gasteiger partial charge in [-0.05, 0) is 44.9 Å². The average molecular weight is 833 g/mol. The van der Waals surface area contributed by atoms with Gasteiger partial charge < -0.3 is 14.2 Å². The standard InChI is InChI=1S/C53H100O6/c1-4-7-10-13-16-19-22-24-26-28-31-33-36-39-42-45-51(54)57-48-50(59-53(56)47-44-41-38-35-30-21-18-15-12-9-6-3)49-58-52(55)46-43-40-37-34-32-29-27-25-23-20-17-14-11-8-5-2/h19,22,50H,4-18,20-21,23-49H2,1-3H3/b22-19-/t50-/m1/s1. The summed E-state index contributed by atoms with van der Waals surface area (Å²) in [4.78, 5) is 37.9. The first-order chi connectivity index (χ1) is 29.0. The van der Waals surface area contributed by atoms with Crippen LogP contribution in [0.3, 0.4) is 0 Å². The number of hydrogen-bond acceptors (Lipinski definition) is 6. The molecule has 1 atom stereocenters. The molecule has 0 amide bonds. The molecular formula is C53H100O6. The Kier molecular flexibility index (Phi) is 47.3. The first kappa shape index (κ1) is 57.1. The Morgan fingerprint density at radius 3 is 0.864 bits per heavy atom. The van der Waals surface area contributed by atoms with E-state index in [9.17, 15) is 14.4 Å². The van der Waals surface area contributed by atoms with Gasteiger partial charge in [-0.1, -0.05) is 238 Å². The van der Waals surface area contributed by atoms with Crippen molar-refractivity contribution in [1.29, 1.82) is 0 Å². The molecule has 348 valence electrons. The lowest BCUT2D eigenvalue weighted by Gasteiger charge is -2.18. The summed E-state index contributed by atoms with van der Waals surface area (Å²) < 4.78 is 16.8. The van der Waals surface area contributed by atoms with E-state index < -0.39 is 6.10 Å². The van der Waals surface area contributed by atoms with Gasteiger partial charge in [0, 0.05) is 19.3 Å². The summed E-state index contributed by atoms with van der Waals surface area (Å²) in [6, 6.07) is 0. The van der Waals surface area contributed by atoms with E-state index >= 15 is 0 Å². The predicted octanol–water partition coefficient (Wildman–Crippen LogP) is 17.0. The lowest BCUT2D eigenvalue weighted by molar-refractivity contribution is -0.167. The van der Waals surface area contributed by atoms with Crippen LogP contribution in [-0.2, 0) is 28.6 Å². The Labute approximate surface area is 367 Å². The number of hydrogen-bond donors (Lipinski definition) is 0. The number of carbonyl (C=O) groups excluding carboxylic acids is 3. The van der Waals surface area contributed by atoms with Crippen LogP contribution in [0.4, 0.5) is 0 Å². The monoisotopic (exact) mass is 833 g/mol. The quantitative estimate of drug-likeness (QED) is 0.0263. The predicted molar refractivity (Wildman–Crippen MR) is 252 cm³/mol. The van der Waals surface area contributed by atoms with Crippen molar-refractivity contribution < 1.29 is 28.6 Å². The second-order valence-corrected chi connectivity index (χ2v) is 17.8. The minimum absolute atomic E-state index is 0.0659. The molecule has 0 aliphatic carbocycles. The molecule has 0 aromatic carbocycles. The summed E-state index contributed by atoms with van der Waals surface area (Å²) in [5.74, 6) is -0.854. The molecule has 0 fully saturated rings. The van der Waals surface area contributed by atoms with Crippen molar-refractivity contribution in [3.8, 4) is 0 Å². The summed E-state index contributed by atoms with van der Waals surface area (Å²) in [6.07, 6.45) is 53.3. The van der Waals surface area contributed by atoms with Crippen molar-refractivity contribution in [2.24, 2.45) is 0 Å². The van der Waals surface area contributed by atoms with E-state index in [1.165, 1.54) is 193 Å².